The van der Waals surface area contributed by atoms with Crippen molar-refractivity contribution in [3.63, 3.8) is 0 Å². The Hall–Kier alpha value is -2.06. The van der Waals surface area contributed by atoms with Gasteiger partial charge in [-0.2, -0.15) is 0 Å². The molecule has 0 aliphatic carbocycles. The van der Waals surface area contributed by atoms with Crippen LogP contribution in [0.1, 0.15) is 6.92 Å². The highest BCUT2D eigenvalue weighted by molar-refractivity contribution is 7.99. The Balaban J connectivity index is 1.95. The molecule has 1 amide bonds. The van der Waals surface area contributed by atoms with Gasteiger partial charge in [-0.25, -0.2) is 12.8 Å². The summed E-state index contributed by atoms with van der Waals surface area (Å²) in [7, 11) is -3.83. The van der Waals surface area contributed by atoms with Crippen LogP contribution >= 0.6 is 11.8 Å². The SMILES string of the molecule is CC(=O)N1CCSc2ccc(S(=O)(=O)Nc3ccc(F)cc3)cc21. The minimum atomic E-state index is -3.83. The van der Waals surface area contributed by atoms with Gasteiger partial charge in [0, 0.05) is 29.8 Å². The van der Waals surface area contributed by atoms with Crippen LogP contribution in [0.15, 0.2) is 52.3 Å². The summed E-state index contributed by atoms with van der Waals surface area (Å²) in [6.45, 7) is 2.00. The molecule has 2 aromatic carbocycles. The maximum Gasteiger partial charge on any atom is 0.261 e. The lowest BCUT2D eigenvalue weighted by molar-refractivity contribution is -0.116. The van der Waals surface area contributed by atoms with Crippen LogP contribution in [0.25, 0.3) is 0 Å². The largest absolute Gasteiger partial charge is 0.311 e. The molecule has 0 atom stereocenters. The van der Waals surface area contributed by atoms with Crippen LogP contribution in [-0.4, -0.2) is 26.6 Å². The van der Waals surface area contributed by atoms with Gasteiger partial charge in [-0.3, -0.25) is 9.52 Å². The number of amides is 1. The summed E-state index contributed by atoms with van der Waals surface area (Å²) in [6, 6.07) is 9.76. The first-order valence-electron chi connectivity index (χ1n) is 7.20. The number of thioether (sulfide) groups is 1. The summed E-state index contributed by atoms with van der Waals surface area (Å²) in [5, 5.41) is 0. The van der Waals surface area contributed by atoms with Crippen LogP contribution in [0.3, 0.4) is 0 Å². The van der Waals surface area contributed by atoms with E-state index in [9.17, 15) is 17.6 Å². The summed E-state index contributed by atoms with van der Waals surface area (Å²) in [5.74, 6) is 0.199. The Labute approximate surface area is 143 Å². The molecule has 3 rings (SSSR count). The van der Waals surface area contributed by atoms with Crippen molar-refractivity contribution in [2.24, 2.45) is 0 Å². The first-order chi connectivity index (χ1) is 11.4. The summed E-state index contributed by atoms with van der Waals surface area (Å²) in [4.78, 5) is 14.3. The summed E-state index contributed by atoms with van der Waals surface area (Å²) in [5.41, 5.74) is 0.868. The standard InChI is InChI=1S/C16H15FN2O3S2/c1-11(20)19-8-9-23-16-7-6-14(10-15(16)19)24(21,22)18-13-4-2-12(17)3-5-13/h2-7,10,18H,8-9H2,1H3. The Kier molecular flexibility index (Phi) is 4.51. The zero-order valence-electron chi connectivity index (χ0n) is 12.8. The third kappa shape index (κ3) is 3.39. The highest BCUT2D eigenvalue weighted by Gasteiger charge is 2.24. The van der Waals surface area contributed by atoms with Gasteiger partial charge in [0.05, 0.1) is 10.6 Å². The van der Waals surface area contributed by atoms with Crippen LogP contribution in [0.4, 0.5) is 15.8 Å². The van der Waals surface area contributed by atoms with Crippen molar-refractivity contribution in [1.29, 1.82) is 0 Å². The molecule has 0 aromatic heterocycles. The number of halogens is 1. The number of rotatable bonds is 3. The number of nitrogens with zero attached hydrogens (tertiary/aromatic N) is 1. The fourth-order valence-corrected chi connectivity index (χ4v) is 4.48. The Morgan fingerprint density at radius 1 is 1.21 bits per heavy atom. The normalized spacial score (nSPS) is 14.2. The molecule has 0 radical (unpaired) electrons. The van der Waals surface area contributed by atoms with E-state index in [0.29, 0.717) is 12.2 Å². The van der Waals surface area contributed by atoms with Crippen LogP contribution in [-0.2, 0) is 14.8 Å². The van der Waals surface area contributed by atoms with E-state index in [2.05, 4.69) is 4.72 Å². The lowest BCUT2D eigenvalue weighted by atomic mass is 10.2. The minimum absolute atomic E-state index is 0.0549. The number of hydrogen-bond acceptors (Lipinski definition) is 4. The molecule has 0 saturated carbocycles. The molecule has 2 aromatic rings. The fourth-order valence-electron chi connectivity index (χ4n) is 2.42. The molecule has 0 fully saturated rings. The van der Waals surface area contributed by atoms with Crippen LogP contribution in [0.5, 0.6) is 0 Å². The van der Waals surface area contributed by atoms with Gasteiger partial charge in [-0.15, -0.1) is 11.8 Å². The van der Waals surface area contributed by atoms with Crippen molar-refractivity contribution in [2.45, 2.75) is 16.7 Å². The van der Waals surface area contributed by atoms with Crippen LogP contribution < -0.4 is 9.62 Å². The number of nitrogens with one attached hydrogen (secondary N) is 1. The Bertz CT molecular complexity index is 883. The molecule has 24 heavy (non-hydrogen) atoms. The van der Waals surface area contributed by atoms with E-state index in [4.69, 9.17) is 0 Å². The van der Waals surface area contributed by atoms with Crippen LogP contribution in [0, 0.1) is 5.82 Å². The number of carbonyl (C=O) groups is 1. The Morgan fingerprint density at radius 3 is 2.58 bits per heavy atom. The summed E-state index contributed by atoms with van der Waals surface area (Å²) >= 11 is 1.58. The number of anilines is 2. The average Bonchev–Trinajstić information content (AvgIpc) is 2.55. The first-order valence-corrected chi connectivity index (χ1v) is 9.67. The molecule has 8 heteroatoms. The van der Waals surface area contributed by atoms with Gasteiger partial charge >= 0.3 is 0 Å². The number of carbonyl (C=O) groups excluding carboxylic acids is 1. The first kappa shape index (κ1) is 16.8. The highest BCUT2D eigenvalue weighted by atomic mass is 32.2. The third-order valence-corrected chi connectivity index (χ3v) is 6.00. The predicted octanol–water partition coefficient (Wildman–Crippen LogP) is 3.09. The van der Waals surface area contributed by atoms with E-state index in [1.165, 1.54) is 43.3 Å². The smallest absolute Gasteiger partial charge is 0.261 e. The zero-order valence-corrected chi connectivity index (χ0v) is 14.5. The molecule has 1 heterocycles. The predicted molar refractivity (Wildman–Crippen MR) is 92.4 cm³/mol. The van der Waals surface area contributed by atoms with Crippen molar-refractivity contribution >= 4 is 39.1 Å². The highest BCUT2D eigenvalue weighted by Crippen LogP contribution is 2.36. The van der Waals surface area contributed by atoms with E-state index in [1.54, 1.807) is 22.7 Å². The van der Waals surface area contributed by atoms with Gasteiger partial charge in [0.2, 0.25) is 5.91 Å². The van der Waals surface area contributed by atoms with Crippen molar-refractivity contribution in [2.75, 3.05) is 21.9 Å². The molecule has 0 unspecified atom stereocenters. The van der Waals surface area contributed by atoms with E-state index in [1.807, 2.05) is 0 Å². The fraction of sp³-hybridized carbons (Fsp3) is 0.188. The number of sulfonamides is 1. The average molecular weight is 366 g/mol. The molecular weight excluding hydrogens is 351 g/mol. The summed E-state index contributed by atoms with van der Waals surface area (Å²) < 4.78 is 40.4. The third-order valence-electron chi connectivity index (χ3n) is 3.58. The van der Waals surface area contributed by atoms with Gasteiger partial charge < -0.3 is 4.90 Å². The second kappa shape index (κ2) is 6.45. The van der Waals surface area contributed by atoms with E-state index in [0.717, 1.165) is 10.6 Å². The molecule has 0 bridgehead atoms. The molecule has 126 valence electrons. The topological polar surface area (TPSA) is 66.5 Å². The van der Waals surface area contributed by atoms with Gasteiger partial charge in [-0.1, -0.05) is 0 Å². The van der Waals surface area contributed by atoms with Crippen molar-refractivity contribution in [3.05, 3.63) is 48.3 Å². The molecule has 1 aliphatic heterocycles. The molecule has 1 aliphatic rings. The van der Waals surface area contributed by atoms with Gasteiger partial charge in [0.1, 0.15) is 5.82 Å². The maximum atomic E-state index is 12.9. The molecule has 0 saturated heterocycles. The number of fused-ring (bicyclic) bond motifs is 1. The van der Waals surface area contributed by atoms with E-state index < -0.39 is 15.8 Å². The van der Waals surface area contributed by atoms with Crippen molar-refractivity contribution < 1.29 is 17.6 Å². The number of benzene rings is 2. The maximum absolute atomic E-state index is 12.9. The van der Waals surface area contributed by atoms with Gasteiger partial charge in [-0.05, 0) is 42.5 Å². The monoisotopic (exact) mass is 366 g/mol. The Morgan fingerprint density at radius 2 is 1.92 bits per heavy atom. The van der Waals surface area contributed by atoms with Gasteiger partial charge in [0.15, 0.2) is 0 Å². The minimum Gasteiger partial charge on any atom is -0.311 e. The summed E-state index contributed by atoms with van der Waals surface area (Å²) in [6.07, 6.45) is 0. The quantitative estimate of drug-likeness (QED) is 0.907. The second-order valence-corrected chi connectivity index (χ2v) is 8.08. The molecule has 1 N–H and O–H groups in total. The van der Waals surface area contributed by atoms with E-state index >= 15 is 0 Å². The van der Waals surface area contributed by atoms with E-state index in [-0.39, 0.29) is 16.5 Å². The second-order valence-electron chi connectivity index (χ2n) is 5.26. The molecule has 0 spiro atoms. The van der Waals surface area contributed by atoms with Gasteiger partial charge in [0.25, 0.3) is 10.0 Å². The number of hydrogen-bond donors (Lipinski definition) is 1. The molecular formula is C16H15FN2O3S2. The van der Waals surface area contributed by atoms with Crippen LogP contribution in [0.2, 0.25) is 0 Å². The van der Waals surface area contributed by atoms with Crippen molar-refractivity contribution in [1.82, 2.24) is 0 Å². The lowest BCUT2D eigenvalue weighted by Crippen LogP contribution is -2.33. The van der Waals surface area contributed by atoms with Crippen molar-refractivity contribution in [3.8, 4) is 0 Å². The lowest BCUT2D eigenvalue weighted by Gasteiger charge is -2.28. The zero-order chi connectivity index (χ0) is 17.3. The molecule has 5 nitrogen and oxygen atoms in total.